The molecule has 0 radical (unpaired) electrons. The molecule has 5 rings (SSSR count). The van der Waals surface area contributed by atoms with Gasteiger partial charge in [-0.15, -0.1) is 0 Å². The standard InChI is InChI=1S/C25H28N8O4/c1-4-21(34)32-9-7-31(8-10-32)18-5-6-20-17(13-18)14-19(22(35)29-20)15(2)26-23-27-16(3)28-24(30-23)33-11-12-37-25(33)36/h4-6,13-15H,1,7-12H2,2-3H3,(H,29,35)(H,26,27,28,30)/t15-/m0/s1. The molecule has 37 heavy (non-hydrogen) atoms. The molecule has 2 N–H and O–H groups in total. The first-order valence-corrected chi connectivity index (χ1v) is 12.1. The van der Waals surface area contributed by atoms with Crippen molar-refractivity contribution in [3.05, 3.63) is 58.7 Å². The second kappa shape index (κ2) is 9.88. The summed E-state index contributed by atoms with van der Waals surface area (Å²) >= 11 is 0. The molecular formula is C25H28N8O4. The maximum Gasteiger partial charge on any atom is 0.416 e. The van der Waals surface area contributed by atoms with E-state index in [0.717, 1.165) is 16.6 Å². The third kappa shape index (κ3) is 4.95. The van der Waals surface area contributed by atoms with Crippen molar-refractivity contribution in [1.82, 2.24) is 24.8 Å². The lowest BCUT2D eigenvalue weighted by molar-refractivity contribution is -0.126. The van der Waals surface area contributed by atoms with Crippen molar-refractivity contribution in [3.63, 3.8) is 0 Å². The number of carbonyl (C=O) groups is 2. The quantitative estimate of drug-likeness (QED) is 0.483. The molecule has 2 aromatic heterocycles. The molecule has 0 spiro atoms. The number of anilines is 3. The number of hydrogen-bond acceptors (Lipinski definition) is 9. The van der Waals surface area contributed by atoms with E-state index >= 15 is 0 Å². The van der Waals surface area contributed by atoms with Gasteiger partial charge < -0.3 is 24.8 Å². The highest BCUT2D eigenvalue weighted by molar-refractivity contribution is 5.88. The van der Waals surface area contributed by atoms with Crippen LogP contribution in [-0.4, -0.2) is 76.2 Å². The minimum Gasteiger partial charge on any atom is -0.447 e. The molecule has 12 nitrogen and oxygen atoms in total. The highest BCUT2D eigenvalue weighted by Crippen LogP contribution is 2.25. The maximum atomic E-state index is 12.9. The zero-order valence-corrected chi connectivity index (χ0v) is 20.7. The van der Waals surface area contributed by atoms with Crippen molar-refractivity contribution in [3.8, 4) is 0 Å². The number of amides is 2. The predicted molar refractivity (Wildman–Crippen MR) is 139 cm³/mol. The highest BCUT2D eigenvalue weighted by atomic mass is 16.6. The van der Waals surface area contributed by atoms with Crippen LogP contribution < -0.4 is 20.7 Å². The Morgan fingerprint density at radius 2 is 1.92 bits per heavy atom. The Bertz CT molecular complexity index is 1430. The average Bonchev–Trinajstić information content (AvgIpc) is 3.33. The van der Waals surface area contributed by atoms with E-state index in [1.54, 1.807) is 11.8 Å². The van der Waals surface area contributed by atoms with Gasteiger partial charge in [0.25, 0.3) is 5.56 Å². The number of carbonyl (C=O) groups excluding carboxylic acids is 2. The summed E-state index contributed by atoms with van der Waals surface area (Å²) in [4.78, 5) is 57.9. The van der Waals surface area contributed by atoms with Crippen LogP contribution in [0.15, 0.2) is 41.7 Å². The van der Waals surface area contributed by atoms with E-state index in [-0.39, 0.29) is 30.0 Å². The third-order valence-corrected chi connectivity index (χ3v) is 6.54. The molecule has 1 aromatic carbocycles. The number of fused-ring (bicyclic) bond motifs is 1. The second-order valence-corrected chi connectivity index (χ2v) is 8.98. The summed E-state index contributed by atoms with van der Waals surface area (Å²) in [7, 11) is 0. The van der Waals surface area contributed by atoms with Gasteiger partial charge in [-0.1, -0.05) is 6.58 Å². The van der Waals surface area contributed by atoms with Gasteiger partial charge in [0.15, 0.2) is 0 Å². The molecule has 1 atom stereocenters. The number of benzene rings is 1. The lowest BCUT2D eigenvalue weighted by Crippen LogP contribution is -2.48. The largest absolute Gasteiger partial charge is 0.447 e. The van der Waals surface area contributed by atoms with E-state index in [1.165, 1.54) is 11.0 Å². The Balaban J connectivity index is 1.37. The van der Waals surface area contributed by atoms with Crippen LogP contribution >= 0.6 is 0 Å². The predicted octanol–water partition coefficient (Wildman–Crippen LogP) is 1.99. The molecule has 2 aliphatic heterocycles. The monoisotopic (exact) mass is 504 g/mol. The maximum absolute atomic E-state index is 12.9. The van der Waals surface area contributed by atoms with Crippen LogP contribution in [0, 0.1) is 6.92 Å². The molecule has 4 heterocycles. The second-order valence-electron chi connectivity index (χ2n) is 8.98. The van der Waals surface area contributed by atoms with Crippen LogP contribution in [0.3, 0.4) is 0 Å². The van der Waals surface area contributed by atoms with Crippen LogP contribution in [0.1, 0.15) is 24.4 Å². The minimum atomic E-state index is -0.500. The Hall–Kier alpha value is -4.48. The van der Waals surface area contributed by atoms with Crippen molar-refractivity contribution < 1.29 is 14.3 Å². The fourth-order valence-corrected chi connectivity index (χ4v) is 4.54. The van der Waals surface area contributed by atoms with Gasteiger partial charge in [0.1, 0.15) is 12.4 Å². The van der Waals surface area contributed by atoms with Crippen molar-refractivity contribution in [2.45, 2.75) is 19.9 Å². The molecule has 2 amide bonds. The first kappa shape index (κ1) is 24.2. The Labute approximate surface area is 213 Å². The zero-order chi connectivity index (χ0) is 26.1. The zero-order valence-electron chi connectivity index (χ0n) is 20.7. The molecule has 3 aromatic rings. The van der Waals surface area contributed by atoms with Crippen molar-refractivity contribution in [1.29, 1.82) is 0 Å². The number of aromatic nitrogens is 4. The van der Waals surface area contributed by atoms with Gasteiger partial charge in [-0.05, 0) is 44.2 Å². The summed E-state index contributed by atoms with van der Waals surface area (Å²) in [6, 6.07) is 7.34. The molecule has 2 saturated heterocycles. The smallest absolute Gasteiger partial charge is 0.416 e. The van der Waals surface area contributed by atoms with E-state index < -0.39 is 12.1 Å². The number of piperazine rings is 1. The molecule has 192 valence electrons. The van der Waals surface area contributed by atoms with Gasteiger partial charge in [0.2, 0.25) is 17.8 Å². The molecule has 2 aliphatic rings. The van der Waals surface area contributed by atoms with Crippen LogP contribution in [0.5, 0.6) is 0 Å². The number of aryl methyl sites for hydroxylation is 1. The Kier molecular flexibility index (Phi) is 6.47. The molecular weight excluding hydrogens is 476 g/mol. The fourth-order valence-electron chi connectivity index (χ4n) is 4.54. The van der Waals surface area contributed by atoms with Gasteiger partial charge in [-0.2, -0.15) is 15.0 Å². The fraction of sp³-hybridized carbons (Fsp3) is 0.360. The van der Waals surface area contributed by atoms with Crippen molar-refractivity contribution in [2.24, 2.45) is 0 Å². The van der Waals surface area contributed by atoms with Crippen LogP contribution in [0.4, 0.5) is 22.4 Å². The van der Waals surface area contributed by atoms with Gasteiger partial charge in [0, 0.05) is 48.3 Å². The summed E-state index contributed by atoms with van der Waals surface area (Å²) < 4.78 is 4.98. The lowest BCUT2D eigenvalue weighted by Gasteiger charge is -2.35. The van der Waals surface area contributed by atoms with Gasteiger partial charge in [0.05, 0.1) is 12.6 Å². The summed E-state index contributed by atoms with van der Waals surface area (Å²) in [6.07, 6.45) is 0.846. The van der Waals surface area contributed by atoms with E-state index in [2.05, 4.69) is 36.7 Å². The van der Waals surface area contributed by atoms with Gasteiger partial charge >= 0.3 is 6.09 Å². The molecule has 12 heteroatoms. The van der Waals surface area contributed by atoms with E-state index in [1.807, 2.05) is 31.2 Å². The van der Waals surface area contributed by atoms with Gasteiger partial charge in [-0.25, -0.2) is 9.69 Å². The van der Waals surface area contributed by atoms with Crippen LogP contribution in [-0.2, 0) is 9.53 Å². The number of nitrogens with one attached hydrogen (secondary N) is 2. The topological polar surface area (TPSA) is 137 Å². The number of hydrogen-bond donors (Lipinski definition) is 2. The Morgan fingerprint density at radius 1 is 1.14 bits per heavy atom. The number of H-pyrrole nitrogens is 1. The molecule has 0 bridgehead atoms. The number of pyridine rings is 1. The average molecular weight is 505 g/mol. The normalized spacial score (nSPS) is 16.6. The molecule has 0 unspecified atom stereocenters. The summed E-state index contributed by atoms with van der Waals surface area (Å²) in [6.45, 7) is 10.4. The summed E-state index contributed by atoms with van der Waals surface area (Å²) in [5, 5.41) is 4.05. The third-order valence-electron chi connectivity index (χ3n) is 6.54. The highest BCUT2D eigenvalue weighted by Gasteiger charge is 2.27. The summed E-state index contributed by atoms with van der Waals surface area (Å²) in [5.74, 6) is 0.848. The van der Waals surface area contributed by atoms with Crippen molar-refractivity contribution >= 4 is 40.5 Å². The van der Waals surface area contributed by atoms with Crippen molar-refractivity contribution in [2.75, 3.05) is 54.4 Å². The number of ether oxygens (including phenoxy) is 1. The van der Waals surface area contributed by atoms with Crippen LogP contribution in [0.2, 0.25) is 0 Å². The number of cyclic esters (lactones) is 1. The molecule has 0 aliphatic carbocycles. The number of aromatic amines is 1. The SMILES string of the molecule is C=CC(=O)N1CCN(c2ccc3[nH]c(=O)c([C@H](C)Nc4nc(C)nc(N5CCOC5=O)n4)cc3c2)CC1. The van der Waals surface area contributed by atoms with Crippen LogP contribution in [0.25, 0.3) is 10.9 Å². The van der Waals surface area contributed by atoms with Gasteiger partial charge in [-0.3, -0.25) is 9.59 Å². The lowest BCUT2D eigenvalue weighted by atomic mass is 10.1. The molecule has 2 fully saturated rings. The van der Waals surface area contributed by atoms with E-state index in [0.29, 0.717) is 44.1 Å². The van der Waals surface area contributed by atoms with E-state index in [4.69, 9.17) is 4.74 Å². The minimum absolute atomic E-state index is 0.0530. The first-order chi connectivity index (χ1) is 17.8. The molecule has 0 saturated carbocycles. The number of rotatable bonds is 6. The van der Waals surface area contributed by atoms with E-state index in [9.17, 15) is 14.4 Å². The summed E-state index contributed by atoms with van der Waals surface area (Å²) in [5.41, 5.74) is 2.06. The number of nitrogens with zero attached hydrogens (tertiary/aromatic N) is 6. The first-order valence-electron chi connectivity index (χ1n) is 12.1. The Morgan fingerprint density at radius 3 is 2.62 bits per heavy atom.